The molecule has 47 heavy (non-hydrogen) atoms. The van der Waals surface area contributed by atoms with Crippen molar-refractivity contribution in [3.8, 4) is 0 Å². The van der Waals surface area contributed by atoms with Crippen LogP contribution in [0.4, 0.5) is 0 Å². The van der Waals surface area contributed by atoms with Crippen molar-refractivity contribution in [2.45, 2.75) is 125 Å². The van der Waals surface area contributed by atoms with Gasteiger partial charge >= 0.3 is 0 Å². The molecule has 0 spiro atoms. The van der Waals surface area contributed by atoms with Gasteiger partial charge in [0.05, 0.1) is 11.6 Å². The van der Waals surface area contributed by atoms with Crippen molar-refractivity contribution in [3.63, 3.8) is 0 Å². The van der Waals surface area contributed by atoms with E-state index in [4.69, 9.17) is 0 Å². The smallest absolute Gasteiger partial charge is 0.252 e. The minimum Gasteiger partial charge on any atom is -0.619 e. The zero-order valence-electron chi connectivity index (χ0n) is 30.0. The van der Waals surface area contributed by atoms with Gasteiger partial charge in [-0.3, -0.25) is 24.0 Å². The number of aromatic nitrogens is 1. The molecule has 1 heterocycles. The first-order valence-electron chi connectivity index (χ1n) is 17.0. The highest BCUT2D eigenvalue weighted by Gasteiger charge is 2.31. The number of likely N-dealkylation sites (N-methyl/N-ethyl adjacent to an activating group) is 1. The first-order valence-corrected chi connectivity index (χ1v) is 17.0. The summed E-state index contributed by atoms with van der Waals surface area (Å²) in [7, 11) is 0. The Bertz CT molecular complexity index is 1190. The molecule has 0 unspecified atom stereocenters. The average molecular weight is 662 g/mol. The van der Waals surface area contributed by atoms with Crippen LogP contribution in [0.2, 0.25) is 0 Å². The number of amides is 5. The van der Waals surface area contributed by atoms with Gasteiger partial charge in [-0.05, 0) is 44.4 Å². The van der Waals surface area contributed by atoms with E-state index in [0.29, 0.717) is 49.2 Å². The molecule has 0 aliphatic carbocycles. The summed E-state index contributed by atoms with van der Waals surface area (Å²) in [5.74, 6) is -1.97. The second-order valence-corrected chi connectivity index (χ2v) is 13.2. The Balaban J connectivity index is 3.00. The molecule has 1 aromatic heterocycles. The minimum atomic E-state index is -0.902. The number of hydrogen-bond acceptors (Lipinski definition) is 7. The lowest BCUT2D eigenvalue weighted by Gasteiger charge is -2.29. The monoisotopic (exact) mass is 661 g/mol. The molecular formula is C34H59N7O6. The quantitative estimate of drug-likeness (QED) is 0.0910. The molecule has 13 heteroatoms. The molecule has 0 radical (unpaired) electrons. The topological polar surface area (TPSA) is 184 Å². The van der Waals surface area contributed by atoms with Crippen molar-refractivity contribution in [1.29, 1.82) is 0 Å². The summed E-state index contributed by atoms with van der Waals surface area (Å²) in [5, 5.41) is 29.2. The van der Waals surface area contributed by atoms with Crippen molar-refractivity contribution in [2.75, 3.05) is 13.1 Å². The number of aryl methyl sites for hydroxylation is 1. The van der Waals surface area contributed by atoms with Crippen LogP contribution >= 0.6 is 0 Å². The standard InChI is InChI=1S/C34H59N7O6/c1-11-14-27(38-34(46)29(22(8)12-2)40-31(43)25-15-16-41(47)23(9)18-25)32(44)37-26(17-20(4)5)19-36-24(10)30(42)39-28(21(6)7)33(45)35-13-3/h15-16,18,20-22,24,26-29,36H,11-14,17,19H2,1-10H3,(H,35,45)(H,37,44)(H,38,46)(H,39,42)(H,40,43)/t22-,24-,26-,27-,28-,29-/m0/s1. The summed E-state index contributed by atoms with van der Waals surface area (Å²) < 4.78 is 0.651. The fraction of sp³-hybridized carbons (Fsp3) is 0.706. The number of rotatable bonds is 20. The summed E-state index contributed by atoms with van der Waals surface area (Å²) >= 11 is 0. The first-order chi connectivity index (χ1) is 22.1. The van der Waals surface area contributed by atoms with Crippen molar-refractivity contribution < 1.29 is 28.7 Å². The predicted octanol–water partition coefficient (Wildman–Crippen LogP) is 1.84. The summed E-state index contributed by atoms with van der Waals surface area (Å²) in [5.41, 5.74) is 0.607. The molecule has 0 aromatic carbocycles. The third-order valence-corrected chi connectivity index (χ3v) is 8.12. The van der Waals surface area contributed by atoms with Gasteiger partial charge in [0.15, 0.2) is 11.9 Å². The van der Waals surface area contributed by atoms with Crippen LogP contribution in [0.5, 0.6) is 0 Å². The van der Waals surface area contributed by atoms with E-state index in [0.717, 1.165) is 0 Å². The van der Waals surface area contributed by atoms with E-state index in [9.17, 15) is 29.2 Å². The van der Waals surface area contributed by atoms with Crippen LogP contribution < -0.4 is 36.6 Å². The maximum absolute atomic E-state index is 13.6. The number of carbonyl (C=O) groups is 5. The van der Waals surface area contributed by atoms with Crippen molar-refractivity contribution >= 4 is 29.5 Å². The maximum Gasteiger partial charge on any atom is 0.252 e. The molecule has 0 saturated carbocycles. The Morgan fingerprint density at radius 1 is 0.830 bits per heavy atom. The van der Waals surface area contributed by atoms with E-state index in [1.54, 1.807) is 13.8 Å². The first kappa shape index (κ1) is 41.3. The van der Waals surface area contributed by atoms with Gasteiger partial charge in [0, 0.05) is 38.2 Å². The molecule has 0 saturated heterocycles. The van der Waals surface area contributed by atoms with Gasteiger partial charge in [0.2, 0.25) is 23.6 Å². The normalized spacial score (nSPS) is 15.1. The molecule has 0 aliphatic rings. The van der Waals surface area contributed by atoms with Crippen LogP contribution in [0.1, 0.15) is 104 Å². The molecule has 266 valence electrons. The molecule has 13 nitrogen and oxygen atoms in total. The summed E-state index contributed by atoms with van der Waals surface area (Å²) in [6.07, 6.45) is 3.49. The Morgan fingerprint density at radius 3 is 2.02 bits per heavy atom. The zero-order chi connectivity index (χ0) is 35.8. The lowest BCUT2D eigenvalue weighted by molar-refractivity contribution is -0.612. The molecule has 0 fully saturated rings. The van der Waals surface area contributed by atoms with Crippen LogP contribution in [-0.2, 0) is 19.2 Å². The summed E-state index contributed by atoms with van der Waals surface area (Å²) in [6.45, 7) is 19.3. The van der Waals surface area contributed by atoms with Gasteiger partial charge in [-0.2, -0.15) is 4.73 Å². The third-order valence-electron chi connectivity index (χ3n) is 8.12. The number of nitrogens with one attached hydrogen (secondary N) is 6. The Hall–Kier alpha value is -3.74. The Morgan fingerprint density at radius 2 is 1.49 bits per heavy atom. The number of hydrogen-bond donors (Lipinski definition) is 6. The lowest BCUT2D eigenvalue weighted by atomic mass is 9.97. The predicted molar refractivity (Wildman–Crippen MR) is 182 cm³/mol. The lowest BCUT2D eigenvalue weighted by Crippen LogP contribution is -2.58. The van der Waals surface area contributed by atoms with Crippen molar-refractivity contribution in [1.82, 2.24) is 31.9 Å². The van der Waals surface area contributed by atoms with Gasteiger partial charge in [-0.25, -0.2) is 0 Å². The van der Waals surface area contributed by atoms with Crippen LogP contribution in [0.15, 0.2) is 18.3 Å². The van der Waals surface area contributed by atoms with Crippen molar-refractivity contribution in [2.24, 2.45) is 17.8 Å². The number of carbonyl (C=O) groups excluding carboxylic acids is 5. The molecule has 5 amide bonds. The summed E-state index contributed by atoms with van der Waals surface area (Å²) in [4.78, 5) is 65.5. The second kappa shape index (κ2) is 20.5. The Kier molecular flexibility index (Phi) is 18.0. The van der Waals surface area contributed by atoms with Crippen molar-refractivity contribution in [3.05, 3.63) is 34.8 Å². The van der Waals surface area contributed by atoms with Gasteiger partial charge < -0.3 is 37.1 Å². The van der Waals surface area contributed by atoms with Crippen LogP contribution in [-0.4, -0.2) is 72.8 Å². The fourth-order valence-corrected chi connectivity index (χ4v) is 5.06. The van der Waals surface area contributed by atoms with Gasteiger partial charge in [-0.1, -0.05) is 61.3 Å². The van der Waals surface area contributed by atoms with E-state index in [-0.39, 0.29) is 47.1 Å². The van der Waals surface area contributed by atoms with Gasteiger partial charge in [-0.15, -0.1) is 0 Å². The zero-order valence-corrected chi connectivity index (χ0v) is 30.0. The van der Waals surface area contributed by atoms with Crippen LogP contribution in [0, 0.1) is 29.9 Å². The van der Waals surface area contributed by atoms with E-state index in [1.165, 1.54) is 18.3 Å². The molecule has 0 bridgehead atoms. The third kappa shape index (κ3) is 13.9. The van der Waals surface area contributed by atoms with Crippen LogP contribution in [0.25, 0.3) is 0 Å². The molecule has 1 rings (SSSR count). The number of nitrogens with zero attached hydrogens (tertiary/aromatic N) is 1. The SMILES string of the molecule is CCC[C@H](NC(=O)[C@@H](NC(=O)c1cc[n+]([O-])c(C)c1)[C@@H](C)CC)C(=O)N[C@H](CN[C@@H](C)C(=O)N[C@H](C(=O)NCC)C(C)C)CC(C)C. The van der Waals surface area contributed by atoms with E-state index in [2.05, 4.69) is 31.9 Å². The number of pyridine rings is 1. The maximum atomic E-state index is 13.6. The molecular weight excluding hydrogens is 602 g/mol. The molecule has 6 atom stereocenters. The highest BCUT2D eigenvalue weighted by atomic mass is 16.5. The van der Waals surface area contributed by atoms with Crippen LogP contribution in [0.3, 0.4) is 0 Å². The van der Waals surface area contributed by atoms with E-state index in [1.807, 2.05) is 55.4 Å². The highest BCUT2D eigenvalue weighted by Crippen LogP contribution is 2.12. The summed E-state index contributed by atoms with van der Waals surface area (Å²) in [6, 6.07) is -0.519. The minimum absolute atomic E-state index is 0.0988. The van der Waals surface area contributed by atoms with E-state index >= 15 is 0 Å². The second-order valence-electron chi connectivity index (χ2n) is 13.2. The Labute approximate surface area is 280 Å². The largest absolute Gasteiger partial charge is 0.619 e. The van der Waals surface area contributed by atoms with Gasteiger partial charge in [0.1, 0.15) is 18.1 Å². The molecule has 0 aliphatic heterocycles. The average Bonchev–Trinajstić information content (AvgIpc) is 3.00. The molecule has 6 N–H and O–H groups in total. The molecule has 1 aromatic rings. The fourth-order valence-electron chi connectivity index (χ4n) is 5.06. The van der Waals surface area contributed by atoms with E-state index < -0.39 is 36.0 Å². The van der Waals surface area contributed by atoms with Gasteiger partial charge in [0.25, 0.3) is 5.91 Å². The highest BCUT2D eigenvalue weighted by molar-refractivity contribution is 5.98.